The lowest BCUT2D eigenvalue weighted by Gasteiger charge is -2.61. The summed E-state index contributed by atoms with van der Waals surface area (Å²) in [5.74, 6) is -0.329. The standard InChI is InChI=1S/C42H56N4O4/c1-8-40(6)24-36(41(7)28(4)17-19-42(29(5)39(40)49)20-18-35(47)38(41)42)50-37(48)27-46-26-34(43-44-46)33-16-12-14-31(23-33)21-30-13-11-15-32(22-30)25-45(9-2)10-3/h8,11-16,22-23,26,28-29,36,38-39,49H,1,9-10,17-21,24-25,27H2,2-7H3/t28-,29+,36-,38+,39+,40-,41+,42+/m1/s1. The van der Waals surface area contributed by atoms with E-state index in [2.05, 4.69) is 92.8 Å². The molecule has 0 saturated heterocycles. The Balaban J connectivity index is 1.19. The van der Waals surface area contributed by atoms with Gasteiger partial charge < -0.3 is 9.84 Å². The van der Waals surface area contributed by atoms with Crippen LogP contribution in [0.4, 0.5) is 0 Å². The van der Waals surface area contributed by atoms with Crippen molar-refractivity contribution < 1.29 is 19.4 Å². The summed E-state index contributed by atoms with van der Waals surface area (Å²) >= 11 is 0. The highest BCUT2D eigenvalue weighted by molar-refractivity contribution is 5.85. The van der Waals surface area contributed by atoms with E-state index in [4.69, 9.17) is 4.74 Å². The SMILES string of the molecule is C=C[C@]1(C)C[C@@H](OC(=O)Cn2cc(-c3cccc(Cc4cccc(CN(CC)CC)c4)c3)nn2)[C@]2(C)[C@H](C)CC[C@]3(CCC(=O)[C@H]32)[C@@H](C)[C@@H]1O. The number of Topliss-reactive ketones (excluding diaryl/α,β-unsaturated/α-hetero) is 1. The Bertz CT molecular complexity index is 1710. The van der Waals surface area contributed by atoms with Crippen molar-refractivity contribution in [3.05, 3.63) is 84.1 Å². The fourth-order valence-corrected chi connectivity index (χ4v) is 9.96. The van der Waals surface area contributed by atoms with Crippen LogP contribution in [-0.4, -0.2) is 62.1 Å². The number of esters is 1. The van der Waals surface area contributed by atoms with Gasteiger partial charge in [0.2, 0.25) is 0 Å². The number of aromatic nitrogens is 3. The number of benzene rings is 2. The zero-order valence-electron chi connectivity index (χ0n) is 30.9. The third-order valence-electron chi connectivity index (χ3n) is 13.3. The van der Waals surface area contributed by atoms with E-state index in [1.54, 1.807) is 6.20 Å². The van der Waals surface area contributed by atoms with Gasteiger partial charge in [0.1, 0.15) is 24.1 Å². The first kappa shape index (κ1) is 36.2. The van der Waals surface area contributed by atoms with Gasteiger partial charge in [-0.1, -0.05) is 95.3 Å². The summed E-state index contributed by atoms with van der Waals surface area (Å²) in [6.07, 6.45) is 6.69. The molecule has 0 aliphatic heterocycles. The highest BCUT2D eigenvalue weighted by Crippen LogP contribution is 2.68. The summed E-state index contributed by atoms with van der Waals surface area (Å²) in [5.41, 5.74) is 3.84. The molecule has 0 spiro atoms. The number of aliphatic hydroxyl groups is 1. The van der Waals surface area contributed by atoms with Crippen molar-refractivity contribution in [2.45, 2.75) is 105 Å². The third-order valence-corrected chi connectivity index (χ3v) is 13.3. The fourth-order valence-electron chi connectivity index (χ4n) is 9.96. The molecule has 268 valence electrons. The molecule has 2 aromatic carbocycles. The monoisotopic (exact) mass is 680 g/mol. The molecule has 3 saturated carbocycles. The van der Waals surface area contributed by atoms with Gasteiger partial charge in [0.25, 0.3) is 0 Å². The molecule has 1 aromatic heterocycles. The zero-order valence-corrected chi connectivity index (χ0v) is 30.9. The van der Waals surface area contributed by atoms with Crippen LogP contribution in [0, 0.1) is 34.0 Å². The average Bonchev–Trinajstić information content (AvgIpc) is 3.72. The van der Waals surface area contributed by atoms with Crippen LogP contribution in [-0.2, 0) is 33.8 Å². The average molecular weight is 681 g/mol. The summed E-state index contributed by atoms with van der Waals surface area (Å²) in [7, 11) is 0. The summed E-state index contributed by atoms with van der Waals surface area (Å²) < 4.78 is 7.96. The first-order valence-corrected chi connectivity index (χ1v) is 18.7. The van der Waals surface area contributed by atoms with Crippen molar-refractivity contribution >= 4 is 11.8 Å². The minimum atomic E-state index is -0.697. The molecular weight excluding hydrogens is 624 g/mol. The van der Waals surface area contributed by atoms with Gasteiger partial charge >= 0.3 is 5.97 Å². The second-order valence-electron chi connectivity index (χ2n) is 16.0. The predicted molar refractivity (Wildman–Crippen MR) is 196 cm³/mol. The summed E-state index contributed by atoms with van der Waals surface area (Å²) in [6, 6.07) is 17.1. The van der Waals surface area contributed by atoms with Crippen LogP contribution in [0.15, 0.2) is 67.4 Å². The number of hydrogen-bond acceptors (Lipinski definition) is 7. The number of carbonyl (C=O) groups excluding carboxylic acids is 2. The van der Waals surface area contributed by atoms with E-state index in [1.807, 2.05) is 25.1 Å². The molecule has 1 heterocycles. The van der Waals surface area contributed by atoms with E-state index in [0.29, 0.717) is 18.5 Å². The Hall–Kier alpha value is -3.62. The first-order chi connectivity index (χ1) is 23.9. The Morgan fingerprint density at radius 3 is 2.50 bits per heavy atom. The molecule has 3 aromatic rings. The highest BCUT2D eigenvalue weighted by Gasteiger charge is 2.68. The van der Waals surface area contributed by atoms with Crippen molar-refractivity contribution in [3.8, 4) is 11.3 Å². The summed E-state index contributed by atoms with van der Waals surface area (Å²) in [5, 5.41) is 20.5. The van der Waals surface area contributed by atoms with E-state index in [-0.39, 0.29) is 35.5 Å². The van der Waals surface area contributed by atoms with Crippen LogP contribution in [0.5, 0.6) is 0 Å². The van der Waals surface area contributed by atoms with Gasteiger partial charge in [-0.25, -0.2) is 4.68 Å². The summed E-state index contributed by atoms with van der Waals surface area (Å²) in [4.78, 5) is 29.9. The largest absolute Gasteiger partial charge is 0.460 e. The third kappa shape index (κ3) is 6.50. The zero-order chi connectivity index (χ0) is 35.8. The van der Waals surface area contributed by atoms with Crippen molar-refractivity contribution in [1.29, 1.82) is 0 Å². The number of nitrogens with zero attached hydrogens (tertiary/aromatic N) is 4. The van der Waals surface area contributed by atoms with Crippen LogP contribution in [0.3, 0.4) is 0 Å². The lowest BCUT2D eigenvalue weighted by Crippen LogP contribution is -2.63. The number of ketones is 1. The van der Waals surface area contributed by atoms with Crippen LogP contribution >= 0.6 is 0 Å². The van der Waals surface area contributed by atoms with Crippen molar-refractivity contribution in [2.75, 3.05) is 13.1 Å². The second kappa shape index (κ2) is 14.2. The minimum absolute atomic E-state index is 0.0692. The van der Waals surface area contributed by atoms with Crippen LogP contribution in [0.2, 0.25) is 0 Å². The first-order valence-electron chi connectivity index (χ1n) is 18.7. The van der Waals surface area contributed by atoms with Crippen LogP contribution < -0.4 is 0 Å². The quantitative estimate of drug-likeness (QED) is 0.168. The predicted octanol–water partition coefficient (Wildman–Crippen LogP) is 7.28. The molecule has 0 unspecified atom stereocenters. The molecule has 8 atom stereocenters. The molecular formula is C42H56N4O4. The van der Waals surface area contributed by atoms with Crippen LogP contribution in [0.1, 0.15) is 90.3 Å². The Morgan fingerprint density at radius 1 is 1.08 bits per heavy atom. The fraction of sp³-hybridized carbons (Fsp3) is 0.571. The Kier molecular flexibility index (Phi) is 10.3. The smallest absolute Gasteiger partial charge is 0.328 e. The molecule has 3 aliphatic carbocycles. The molecule has 1 N–H and O–H groups in total. The van der Waals surface area contributed by atoms with Crippen molar-refractivity contribution in [2.24, 2.45) is 34.0 Å². The van der Waals surface area contributed by atoms with Gasteiger partial charge in [0.05, 0.1) is 12.3 Å². The van der Waals surface area contributed by atoms with E-state index < -0.39 is 29.0 Å². The molecule has 3 fully saturated rings. The molecule has 0 radical (unpaired) electrons. The van der Waals surface area contributed by atoms with Gasteiger partial charge in [0, 0.05) is 35.3 Å². The van der Waals surface area contributed by atoms with Crippen LogP contribution in [0.25, 0.3) is 11.3 Å². The second-order valence-corrected chi connectivity index (χ2v) is 16.0. The lowest BCUT2D eigenvalue weighted by atomic mass is 9.44. The van der Waals surface area contributed by atoms with E-state index in [1.165, 1.54) is 21.4 Å². The maximum absolute atomic E-state index is 13.8. The van der Waals surface area contributed by atoms with E-state index >= 15 is 0 Å². The molecule has 2 bridgehead atoms. The van der Waals surface area contributed by atoms with Crippen molar-refractivity contribution in [1.82, 2.24) is 19.9 Å². The maximum Gasteiger partial charge on any atom is 0.328 e. The number of ether oxygens (including phenoxy) is 1. The number of hydrogen-bond donors (Lipinski definition) is 1. The van der Waals surface area contributed by atoms with Gasteiger partial charge in [-0.15, -0.1) is 11.7 Å². The van der Waals surface area contributed by atoms with Gasteiger partial charge in [-0.05, 0) is 85.2 Å². The Morgan fingerprint density at radius 2 is 1.78 bits per heavy atom. The molecule has 0 amide bonds. The molecule has 6 rings (SSSR count). The normalized spacial score (nSPS) is 32.3. The molecule has 8 heteroatoms. The number of rotatable bonds is 11. The highest BCUT2D eigenvalue weighted by atomic mass is 16.5. The topological polar surface area (TPSA) is 97.5 Å². The Labute approximate surface area is 298 Å². The maximum atomic E-state index is 13.8. The molecule has 50 heavy (non-hydrogen) atoms. The van der Waals surface area contributed by atoms with Gasteiger partial charge in [0.15, 0.2) is 0 Å². The van der Waals surface area contributed by atoms with E-state index in [9.17, 15) is 14.7 Å². The van der Waals surface area contributed by atoms with Gasteiger partial charge in [-0.2, -0.15) is 0 Å². The number of aliphatic hydroxyl groups excluding tert-OH is 1. The number of carbonyl (C=O) groups is 2. The summed E-state index contributed by atoms with van der Waals surface area (Å²) in [6.45, 7) is 19.9. The van der Waals surface area contributed by atoms with Crippen molar-refractivity contribution in [3.63, 3.8) is 0 Å². The minimum Gasteiger partial charge on any atom is -0.460 e. The van der Waals surface area contributed by atoms with Gasteiger partial charge in [-0.3, -0.25) is 14.5 Å². The van der Waals surface area contributed by atoms with E-state index in [0.717, 1.165) is 50.9 Å². The molecule has 8 nitrogen and oxygen atoms in total. The molecule has 3 aliphatic rings. The lowest BCUT2D eigenvalue weighted by molar-refractivity contribution is -0.207.